The first kappa shape index (κ1) is 31.7. The Morgan fingerprint density at radius 3 is 1.08 bits per heavy atom. The number of hydrogen-bond acceptors (Lipinski definition) is 0. The van der Waals surface area contributed by atoms with Crippen LogP contribution in [0.3, 0.4) is 0 Å². The molecule has 0 aliphatic rings. The fourth-order valence-corrected chi connectivity index (χ4v) is 13.5. The number of rotatable bonds is 6. The van der Waals surface area contributed by atoms with Gasteiger partial charge >= 0.3 is 0 Å². The van der Waals surface area contributed by atoms with Gasteiger partial charge in [0.25, 0.3) is 0 Å². The van der Waals surface area contributed by atoms with Gasteiger partial charge < -0.3 is 0 Å². The summed E-state index contributed by atoms with van der Waals surface area (Å²) in [6.45, 7) is 9.28. The van der Waals surface area contributed by atoms with Gasteiger partial charge in [-0.1, -0.05) is 124 Å². The molecule has 0 saturated carbocycles. The molecule has 7 aromatic rings. The van der Waals surface area contributed by atoms with E-state index in [0.29, 0.717) is 0 Å². The van der Waals surface area contributed by atoms with Crippen molar-refractivity contribution in [1.82, 2.24) is 0 Å². The van der Waals surface area contributed by atoms with E-state index in [0.717, 1.165) is 35.3 Å². The van der Waals surface area contributed by atoms with Crippen LogP contribution in [0.15, 0.2) is 133 Å². The molecule has 0 fully saturated rings. The minimum absolute atomic E-state index is 1.10. The summed E-state index contributed by atoms with van der Waals surface area (Å²) >= 11 is 0. The summed E-state index contributed by atoms with van der Waals surface area (Å²) in [5, 5.41) is 12.8. The first-order chi connectivity index (χ1) is 23.5. The number of hydrogen-bond donors (Lipinski definition) is 0. The summed E-state index contributed by atoms with van der Waals surface area (Å²) in [6, 6.07) is 53.7. The van der Waals surface area contributed by atoms with E-state index in [9.17, 15) is 0 Å². The van der Waals surface area contributed by atoms with Crippen molar-refractivity contribution in [2.75, 3.05) is 0 Å². The summed E-state index contributed by atoms with van der Waals surface area (Å²) in [5.41, 5.74) is 10.1. The molecule has 0 amide bonds. The van der Waals surface area contributed by atoms with Crippen molar-refractivity contribution >= 4 is 69.6 Å². The van der Waals surface area contributed by atoms with Gasteiger partial charge in [0.15, 0.2) is 16.1 Å². The van der Waals surface area contributed by atoms with E-state index in [2.05, 4.69) is 184 Å². The lowest BCUT2D eigenvalue weighted by molar-refractivity contribution is 1.30. The van der Waals surface area contributed by atoms with Crippen LogP contribution in [0.5, 0.6) is 0 Å². The number of fused-ring (bicyclic) bond motifs is 4. The molecule has 0 aromatic heterocycles. The van der Waals surface area contributed by atoms with Crippen LogP contribution in [0.1, 0.15) is 38.8 Å². The quantitative estimate of drug-likeness (QED) is 0.0954. The molecule has 0 heterocycles. The van der Waals surface area contributed by atoms with E-state index in [-0.39, 0.29) is 0 Å². The van der Waals surface area contributed by atoms with Gasteiger partial charge in [0, 0.05) is 11.1 Å². The molecule has 2 heteroatoms. The zero-order valence-corrected chi connectivity index (χ0v) is 30.5. The molecular formula is C46H42Si2. The van der Waals surface area contributed by atoms with Gasteiger partial charge in [-0.2, -0.15) is 0 Å². The molecule has 0 aliphatic carbocycles. The number of benzene rings is 7. The Labute approximate surface area is 287 Å². The van der Waals surface area contributed by atoms with E-state index in [4.69, 9.17) is 0 Å². The Kier molecular flexibility index (Phi) is 8.81. The van der Waals surface area contributed by atoms with Crippen molar-refractivity contribution < 1.29 is 0 Å². The van der Waals surface area contributed by atoms with Crippen LogP contribution in [0.2, 0.25) is 24.2 Å². The van der Waals surface area contributed by atoms with E-state index < -0.39 is 16.1 Å². The summed E-state index contributed by atoms with van der Waals surface area (Å²) in [4.78, 5) is 0. The first-order valence-electron chi connectivity index (χ1n) is 17.5. The lowest BCUT2D eigenvalue weighted by Gasteiger charge is -2.23. The summed E-state index contributed by atoms with van der Waals surface area (Å²) in [5.74, 6) is 7.55. The predicted octanol–water partition coefficient (Wildman–Crippen LogP) is 10.9. The van der Waals surface area contributed by atoms with Crippen LogP contribution in [0, 0.1) is 22.9 Å². The minimum atomic E-state index is -1.99. The molecule has 0 N–H and O–H groups in total. The summed E-state index contributed by atoms with van der Waals surface area (Å²) in [6.07, 6.45) is 0. The molecule has 48 heavy (non-hydrogen) atoms. The topological polar surface area (TPSA) is 0 Å². The largest absolute Gasteiger partial charge is 0.168 e. The third-order valence-corrected chi connectivity index (χ3v) is 19.6. The highest BCUT2D eigenvalue weighted by Crippen LogP contribution is 2.33. The van der Waals surface area contributed by atoms with Gasteiger partial charge in [-0.15, -0.1) is 11.1 Å². The van der Waals surface area contributed by atoms with Crippen LogP contribution in [-0.2, 0) is 0 Å². The summed E-state index contributed by atoms with van der Waals surface area (Å²) in [7, 11) is -3.98. The second-order valence-electron chi connectivity index (χ2n) is 13.1. The fourth-order valence-electron chi connectivity index (χ4n) is 7.46. The van der Waals surface area contributed by atoms with Gasteiger partial charge in [-0.05, 0) is 126 Å². The molecule has 0 saturated heterocycles. The molecule has 0 radical (unpaired) electrons. The average molecular weight is 651 g/mol. The van der Waals surface area contributed by atoms with E-state index >= 15 is 0 Å². The Hall–Kier alpha value is -4.87. The standard InChI is InChI=1S/C46H42Si2/c1-5-47(6-2,43-19-11-9-12-20-43)27-25-35-23-24-36(26-28-48(7-3,8-4)44-21-13-10-14-22-44)46-34-42-32-40-30-38-18-16-15-17-37(38)29-39(40)31-41(42)33-45(35)46/h9-24,29-34H,5-8H2,1-4H3. The van der Waals surface area contributed by atoms with Crippen molar-refractivity contribution in [2.24, 2.45) is 0 Å². The van der Waals surface area contributed by atoms with Crippen molar-refractivity contribution in [1.29, 1.82) is 0 Å². The highest BCUT2D eigenvalue weighted by atomic mass is 28.3. The molecule has 7 rings (SSSR count). The van der Waals surface area contributed by atoms with Gasteiger partial charge in [-0.25, -0.2) is 0 Å². The molecule has 0 bridgehead atoms. The highest BCUT2D eigenvalue weighted by molar-refractivity contribution is 6.98. The van der Waals surface area contributed by atoms with E-state index in [1.807, 2.05) is 0 Å². The fraction of sp³-hybridized carbons (Fsp3) is 0.174. The Morgan fingerprint density at radius 1 is 0.375 bits per heavy atom. The van der Waals surface area contributed by atoms with Crippen molar-refractivity contribution in [3.05, 3.63) is 145 Å². The van der Waals surface area contributed by atoms with Crippen LogP contribution >= 0.6 is 0 Å². The molecule has 0 spiro atoms. The van der Waals surface area contributed by atoms with Crippen molar-refractivity contribution in [3.8, 4) is 22.9 Å². The monoisotopic (exact) mass is 650 g/mol. The lowest BCUT2D eigenvalue weighted by atomic mass is 9.94. The molecule has 234 valence electrons. The van der Waals surface area contributed by atoms with Crippen molar-refractivity contribution in [2.45, 2.75) is 51.9 Å². The smallest absolute Gasteiger partial charge is 0.120 e. The Bertz CT molecular complexity index is 2220. The molecule has 0 unspecified atom stereocenters. The molecule has 0 nitrogen and oxygen atoms in total. The zero-order valence-electron chi connectivity index (χ0n) is 28.5. The second-order valence-corrected chi connectivity index (χ2v) is 21.9. The summed E-state index contributed by atoms with van der Waals surface area (Å²) < 4.78 is 0. The van der Waals surface area contributed by atoms with Crippen LogP contribution in [-0.4, -0.2) is 16.1 Å². The maximum absolute atomic E-state index is 3.93. The van der Waals surface area contributed by atoms with Crippen molar-refractivity contribution in [3.63, 3.8) is 0 Å². The van der Waals surface area contributed by atoms with Gasteiger partial charge in [0.1, 0.15) is 0 Å². The maximum atomic E-state index is 3.93. The third kappa shape index (κ3) is 5.77. The maximum Gasteiger partial charge on any atom is 0.168 e. The van der Waals surface area contributed by atoms with E-state index in [1.54, 1.807) is 0 Å². The average Bonchev–Trinajstić information content (AvgIpc) is 3.15. The first-order valence-corrected chi connectivity index (χ1v) is 22.3. The Morgan fingerprint density at radius 2 is 0.708 bits per heavy atom. The van der Waals surface area contributed by atoms with Crippen LogP contribution in [0.25, 0.3) is 43.1 Å². The second kappa shape index (κ2) is 13.3. The molecule has 0 atom stereocenters. The molecule has 0 aliphatic heterocycles. The highest BCUT2D eigenvalue weighted by Gasteiger charge is 2.30. The normalized spacial score (nSPS) is 11.8. The minimum Gasteiger partial charge on any atom is -0.120 e. The predicted molar refractivity (Wildman–Crippen MR) is 216 cm³/mol. The third-order valence-electron chi connectivity index (χ3n) is 10.7. The van der Waals surface area contributed by atoms with Crippen LogP contribution < -0.4 is 10.4 Å². The zero-order chi connectivity index (χ0) is 33.1. The van der Waals surface area contributed by atoms with Gasteiger partial charge in [-0.3, -0.25) is 0 Å². The SMILES string of the molecule is CC[Si](C#Cc1ccc(C#C[Si](CC)(CC)c2ccccc2)c2cc3cc4cc5ccccc5cc4cc3cc12)(CC)c1ccccc1. The Balaban J connectivity index is 1.46. The van der Waals surface area contributed by atoms with E-state index in [1.165, 1.54) is 53.5 Å². The molecule has 7 aromatic carbocycles. The molecular weight excluding hydrogens is 609 g/mol. The van der Waals surface area contributed by atoms with Crippen LogP contribution in [0.4, 0.5) is 0 Å². The van der Waals surface area contributed by atoms with Gasteiger partial charge in [0.05, 0.1) is 0 Å². The lowest BCUT2D eigenvalue weighted by Crippen LogP contribution is -2.45. The van der Waals surface area contributed by atoms with Gasteiger partial charge in [0.2, 0.25) is 0 Å².